The van der Waals surface area contributed by atoms with Crippen LogP contribution in [0, 0.1) is 12.3 Å². The minimum absolute atomic E-state index is 0. The highest BCUT2D eigenvalue weighted by Gasteiger charge is 2.43. The van der Waals surface area contributed by atoms with Gasteiger partial charge in [0.2, 0.25) is 0 Å². The molecule has 3 rings (SSSR count). The Bertz CT molecular complexity index is 543. The fraction of sp³-hybridized carbons (Fsp3) is 0.611. The lowest BCUT2D eigenvalue weighted by Crippen LogP contribution is -2.43. The average Bonchev–Trinajstić information content (AvgIpc) is 2.93. The molecule has 1 spiro atoms. The second-order valence-corrected chi connectivity index (χ2v) is 6.66. The summed E-state index contributed by atoms with van der Waals surface area (Å²) >= 11 is 0. The van der Waals surface area contributed by atoms with Crippen LogP contribution in [0.15, 0.2) is 29.3 Å². The smallest absolute Gasteiger partial charge is 0.193 e. The maximum atomic E-state index is 5.78. The van der Waals surface area contributed by atoms with Crippen molar-refractivity contribution in [3.8, 4) is 5.75 Å². The van der Waals surface area contributed by atoms with E-state index >= 15 is 0 Å². The topological polar surface area (TPSA) is 36.9 Å². The van der Waals surface area contributed by atoms with Gasteiger partial charge in [-0.1, -0.05) is 18.6 Å². The average molecular weight is 429 g/mol. The molecular formula is C18H28IN3O. The number of ether oxygens (including phenoxy) is 1. The molecule has 4 nitrogen and oxygen atoms in total. The van der Waals surface area contributed by atoms with E-state index < -0.39 is 0 Å². The van der Waals surface area contributed by atoms with Gasteiger partial charge >= 0.3 is 0 Å². The first-order valence-corrected chi connectivity index (χ1v) is 8.36. The zero-order valence-corrected chi connectivity index (χ0v) is 16.5. The summed E-state index contributed by atoms with van der Waals surface area (Å²) in [6.45, 7) is 5.83. The Morgan fingerprint density at radius 3 is 2.78 bits per heavy atom. The van der Waals surface area contributed by atoms with Crippen molar-refractivity contribution in [3.05, 3.63) is 29.8 Å². The van der Waals surface area contributed by atoms with Gasteiger partial charge in [0.25, 0.3) is 0 Å². The van der Waals surface area contributed by atoms with Gasteiger partial charge in [0.15, 0.2) is 5.96 Å². The summed E-state index contributed by atoms with van der Waals surface area (Å²) in [4.78, 5) is 6.84. The van der Waals surface area contributed by atoms with Gasteiger partial charge in [0, 0.05) is 20.1 Å². The van der Waals surface area contributed by atoms with Gasteiger partial charge < -0.3 is 15.0 Å². The number of hydrogen-bond donors (Lipinski definition) is 1. The predicted molar refractivity (Wildman–Crippen MR) is 106 cm³/mol. The van der Waals surface area contributed by atoms with Crippen LogP contribution in [-0.4, -0.2) is 44.1 Å². The van der Waals surface area contributed by atoms with Gasteiger partial charge in [-0.15, -0.1) is 24.0 Å². The Morgan fingerprint density at radius 2 is 2.17 bits per heavy atom. The van der Waals surface area contributed by atoms with Crippen molar-refractivity contribution >= 4 is 29.9 Å². The Labute approximate surface area is 156 Å². The normalized spacial score (nSPS) is 19.2. The molecule has 2 aliphatic rings. The molecule has 1 aliphatic carbocycles. The number of halogens is 1. The van der Waals surface area contributed by atoms with Crippen LogP contribution in [0.25, 0.3) is 0 Å². The molecular weight excluding hydrogens is 401 g/mol. The van der Waals surface area contributed by atoms with Crippen LogP contribution in [0.4, 0.5) is 0 Å². The van der Waals surface area contributed by atoms with Crippen LogP contribution >= 0.6 is 24.0 Å². The molecule has 128 valence electrons. The lowest BCUT2D eigenvalue weighted by molar-refractivity contribution is 0.151. The monoisotopic (exact) mass is 429 g/mol. The molecule has 0 bridgehead atoms. The van der Waals surface area contributed by atoms with Crippen molar-refractivity contribution in [2.45, 2.75) is 32.6 Å². The summed E-state index contributed by atoms with van der Waals surface area (Å²) in [5.41, 5.74) is 1.83. The fourth-order valence-electron chi connectivity index (χ4n) is 3.57. The first-order chi connectivity index (χ1) is 10.7. The van der Waals surface area contributed by atoms with Crippen LogP contribution < -0.4 is 10.1 Å². The van der Waals surface area contributed by atoms with Crippen LogP contribution in [0.5, 0.6) is 5.75 Å². The molecule has 0 aromatic heterocycles. The van der Waals surface area contributed by atoms with Crippen molar-refractivity contribution in [2.24, 2.45) is 10.4 Å². The molecule has 0 unspecified atom stereocenters. The Morgan fingerprint density at radius 1 is 1.35 bits per heavy atom. The number of likely N-dealkylation sites (tertiary alicyclic amines) is 1. The molecule has 1 aromatic rings. The van der Waals surface area contributed by atoms with E-state index in [1.165, 1.54) is 37.8 Å². The standard InChI is InChI=1S/C18H27N3O.HI/c1-15-5-3-6-16(13-15)22-12-10-20-17(19-2)21-11-9-18(14-21)7-4-8-18;/h3,5-6,13H,4,7-12,14H2,1-2H3,(H,19,20);1H. The highest BCUT2D eigenvalue weighted by atomic mass is 127. The van der Waals surface area contributed by atoms with E-state index in [4.69, 9.17) is 4.74 Å². The van der Waals surface area contributed by atoms with Crippen molar-refractivity contribution in [1.82, 2.24) is 10.2 Å². The predicted octanol–water partition coefficient (Wildman–Crippen LogP) is 3.44. The molecule has 23 heavy (non-hydrogen) atoms. The lowest BCUT2D eigenvalue weighted by atomic mass is 9.68. The highest BCUT2D eigenvalue weighted by Crippen LogP contribution is 2.47. The molecule has 1 aromatic carbocycles. The Balaban J connectivity index is 0.00000192. The second kappa shape index (κ2) is 8.22. The quantitative estimate of drug-likeness (QED) is 0.345. The summed E-state index contributed by atoms with van der Waals surface area (Å²) in [5.74, 6) is 1.96. The van der Waals surface area contributed by atoms with Crippen molar-refractivity contribution < 1.29 is 4.74 Å². The summed E-state index contributed by atoms with van der Waals surface area (Å²) in [6.07, 6.45) is 5.53. The van der Waals surface area contributed by atoms with E-state index in [2.05, 4.69) is 34.3 Å². The van der Waals surface area contributed by atoms with Crippen molar-refractivity contribution in [2.75, 3.05) is 33.3 Å². The molecule has 1 saturated carbocycles. The maximum absolute atomic E-state index is 5.78. The Hall–Kier alpha value is -0.980. The third-order valence-corrected chi connectivity index (χ3v) is 5.01. The zero-order chi connectivity index (χ0) is 15.4. The fourth-order valence-corrected chi connectivity index (χ4v) is 3.57. The highest BCUT2D eigenvalue weighted by molar-refractivity contribution is 14.0. The molecule has 1 aliphatic heterocycles. The van der Waals surface area contributed by atoms with Crippen LogP contribution in [-0.2, 0) is 0 Å². The number of aliphatic imine (C=N–C) groups is 1. The van der Waals surface area contributed by atoms with Gasteiger partial charge in [-0.3, -0.25) is 4.99 Å². The lowest BCUT2D eigenvalue weighted by Gasteiger charge is -2.38. The molecule has 5 heteroatoms. The molecule has 2 fully saturated rings. The number of aryl methyl sites for hydroxylation is 1. The molecule has 1 saturated heterocycles. The molecule has 0 atom stereocenters. The van der Waals surface area contributed by atoms with Gasteiger partial charge in [0.05, 0.1) is 6.54 Å². The minimum Gasteiger partial charge on any atom is -0.492 e. The minimum atomic E-state index is 0. The van der Waals surface area contributed by atoms with Crippen LogP contribution in [0.2, 0.25) is 0 Å². The number of rotatable bonds is 4. The van der Waals surface area contributed by atoms with Gasteiger partial charge in [-0.05, 0) is 49.3 Å². The second-order valence-electron chi connectivity index (χ2n) is 6.66. The van der Waals surface area contributed by atoms with E-state index in [9.17, 15) is 0 Å². The van der Waals surface area contributed by atoms with E-state index in [0.717, 1.165) is 24.8 Å². The Kier molecular flexibility index (Phi) is 6.56. The van der Waals surface area contributed by atoms with E-state index in [-0.39, 0.29) is 24.0 Å². The van der Waals surface area contributed by atoms with Crippen molar-refractivity contribution in [3.63, 3.8) is 0 Å². The molecule has 0 radical (unpaired) electrons. The van der Waals surface area contributed by atoms with Crippen LogP contribution in [0.1, 0.15) is 31.2 Å². The van der Waals surface area contributed by atoms with Crippen LogP contribution in [0.3, 0.4) is 0 Å². The summed E-state index contributed by atoms with van der Waals surface area (Å²) < 4.78 is 5.78. The molecule has 1 N–H and O–H groups in total. The van der Waals surface area contributed by atoms with Gasteiger partial charge in [0.1, 0.15) is 12.4 Å². The zero-order valence-electron chi connectivity index (χ0n) is 14.2. The number of benzene rings is 1. The third-order valence-electron chi connectivity index (χ3n) is 5.01. The van der Waals surface area contributed by atoms with E-state index in [1.54, 1.807) is 0 Å². The molecule has 1 heterocycles. The number of guanidine groups is 1. The van der Waals surface area contributed by atoms with Gasteiger partial charge in [-0.2, -0.15) is 0 Å². The number of hydrogen-bond acceptors (Lipinski definition) is 2. The van der Waals surface area contributed by atoms with E-state index in [1.807, 2.05) is 19.2 Å². The maximum Gasteiger partial charge on any atom is 0.193 e. The van der Waals surface area contributed by atoms with E-state index in [0.29, 0.717) is 12.0 Å². The SMILES string of the molecule is CN=C(NCCOc1cccc(C)c1)N1CCC2(CCC2)C1.I. The number of nitrogens with zero attached hydrogens (tertiary/aromatic N) is 2. The van der Waals surface area contributed by atoms with Crippen molar-refractivity contribution in [1.29, 1.82) is 0 Å². The van der Waals surface area contributed by atoms with Gasteiger partial charge in [-0.25, -0.2) is 0 Å². The summed E-state index contributed by atoms with van der Waals surface area (Å²) in [7, 11) is 1.87. The number of nitrogens with one attached hydrogen (secondary N) is 1. The molecule has 0 amide bonds. The summed E-state index contributed by atoms with van der Waals surface area (Å²) in [5, 5.41) is 3.43. The summed E-state index contributed by atoms with van der Waals surface area (Å²) in [6, 6.07) is 8.17. The third kappa shape index (κ3) is 4.52. The largest absolute Gasteiger partial charge is 0.492 e. The first-order valence-electron chi connectivity index (χ1n) is 8.36. The first kappa shape index (κ1) is 18.4.